The first-order valence-corrected chi connectivity index (χ1v) is 10.9. The first-order chi connectivity index (χ1) is 14.8. The van der Waals surface area contributed by atoms with Gasteiger partial charge in [-0.1, -0.05) is 23.9 Å². The quantitative estimate of drug-likeness (QED) is 0.422. The number of para-hydroxylation sites is 2. The molecule has 0 spiro atoms. The van der Waals surface area contributed by atoms with Crippen LogP contribution >= 0.6 is 11.8 Å². The smallest absolute Gasteiger partial charge is 0.209 e. The molecule has 0 amide bonds. The van der Waals surface area contributed by atoms with Gasteiger partial charge in [-0.2, -0.15) is 0 Å². The van der Waals surface area contributed by atoms with Gasteiger partial charge in [0.2, 0.25) is 5.16 Å². The van der Waals surface area contributed by atoms with Crippen LogP contribution in [-0.2, 0) is 17.0 Å². The summed E-state index contributed by atoms with van der Waals surface area (Å²) in [6.07, 6.45) is 2.34. The van der Waals surface area contributed by atoms with E-state index in [9.17, 15) is 0 Å². The summed E-state index contributed by atoms with van der Waals surface area (Å²) < 4.78 is 15.0. The first-order valence-electron chi connectivity index (χ1n) is 9.93. The van der Waals surface area contributed by atoms with Gasteiger partial charge in [-0.25, -0.2) is 9.67 Å². The Balaban J connectivity index is 1.43. The zero-order valence-corrected chi connectivity index (χ0v) is 17.5. The number of nitrogens with zero attached hydrogens (tertiary/aromatic N) is 6. The standard InChI is InChI=1S/C21H22N6O2S/c1-28-16-10-8-15(9-11-16)27-19-7-3-2-6-18(19)22-20(27)14-30-21-23-24-25-26(21)13-17-5-4-12-29-17/h2-3,6-11,17H,4-5,12-14H2,1H3. The zero-order valence-electron chi connectivity index (χ0n) is 16.6. The van der Waals surface area contributed by atoms with E-state index in [0.717, 1.165) is 52.9 Å². The molecule has 1 saturated heterocycles. The third-order valence-corrected chi connectivity index (χ3v) is 6.14. The van der Waals surface area contributed by atoms with Crippen LogP contribution in [0.3, 0.4) is 0 Å². The Bertz CT molecular complexity index is 1130. The Morgan fingerprint density at radius 3 is 2.83 bits per heavy atom. The second kappa shape index (κ2) is 8.45. The molecule has 3 heterocycles. The zero-order chi connectivity index (χ0) is 20.3. The lowest BCUT2D eigenvalue weighted by Crippen LogP contribution is -2.17. The van der Waals surface area contributed by atoms with Gasteiger partial charge in [0.15, 0.2) is 0 Å². The average Bonchev–Trinajstić information content (AvgIpc) is 3.53. The molecule has 1 atom stereocenters. The maximum Gasteiger partial charge on any atom is 0.209 e. The summed E-state index contributed by atoms with van der Waals surface area (Å²) in [7, 11) is 1.67. The van der Waals surface area contributed by atoms with E-state index in [2.05, 4.69) is 26.2 Å². The maximum atomic E-state index is 5.73. The summed E-state index contributed by atoms with van der Waals surface area (Å²) in [5.74, 6) is 2.41. The molecule has 154 valence electrons. The van der Waals surface area contributed by atoms with Crippen LogP contribution in [0.4, 0.5) is 0 Å². The molecular formula is C21H22N6O2S. The third kappa shape index (κ3) is 3.78. The van der Waals surface area contributed by atoms with Crippen molar-refractivity contribution in [2.75, 3.05) is 13.7 Å². The van der Waals surface area contributed by atoms with Gasteiger partial charge in [0.1, 0.15) is 11.6 Å². The summed E-state index contributed by atoms with van der Waals surface area (Å²) in [5, 5.41) is 13.0. The molecule has 2 aromatic heterocycles. The monoisotopic (exact) mass is 422 g/mol. The molecule has 2 aromatic carbocycles. The second-order valence-electron chi connectivity index (χ2n) is 7.12. The van der Waals surface area contributed by atoms with Gasteiger partial charge in [-0.3, -0.25) is 4.57 Å². The predicted octanol–water partition coefficient (Wildman–Crippen LogP) is 3.49. The van der Waals surface area contributed by atoms with Crippen LogP contribution in [0.1, 0.15) is 18.7 Å². The summed E-state index contributed by atoms with van der Waals surface area (Å²) in [4.78, 5) is 4.87. The molecule has 0 radical (unpaired) electrons. The van der Waals surface area contributed by atoms with Gasteiger partial charge >= 0.3 is 0 Å². The molecule has 0 N–H and O–H groups in total. The highest BCUT2D eigenvalue weighted by Crippen LogP contribution is 2.28. The molecule has 0 aliphatic carbocycles. The van der Waals surface area contributed by atoms with Crippen molar-refractivity contribution in [2.45, 2.75) is 36.4 Å². The number of hydrogen-bond acceptors (Lipinski definition) is 7. The van der Waals surface area contributed by atoms with Crippen molar-refractivity contribution in [1.82, 2.24) is 29.8 Å². The van der Waals surface area contributed by atoms with E-state index in [1.54, 1.807) is 18.9 Å². The van der Waals surface area contributed by atoms with Crippen molar-refractivity contribution in [2.24, 2.45) is 0 Å². The number of imidazole rings is 1. The SMILES string of the molecule is COc1ccc(-n2c(CSc3nnnn3CC3CCCO3)nc3ccccc32)cc1. The highest BCUT2D eigenvalue weighted by Gasteiger charge is 2.20. The Morgan fingerprint density at radius 1 is 1.17 bits per heavy atom. The fraction of sp³-hybridized carbons (Fsp3) is 0.333. The van der Waals surface area contributed by atoms with Gasteiger partial charge in [-0.15, -0.1) is 5.10 Å². The van der Waals surface area contributed by atoms with Crippen molar-refractivity contribution in [1.29, 1.82) is 0 Å². The molecule has 0 bridgehead atoms. The minimum Gasteiger partial charge on any atom is -0.497 e. The molecule has 0 saturated carbocycles. The number of ether oxygens (including phenoxy) is 2. The van der Waals surface area contributed by atoms with Crippen LogP contribution in [0.25, 0.3) is 16.7 Å². The summed E-state index contributed by atoms with van der Waals surface area (Å²) in [6.45, 7) is 1.51. The van der Waals surface area contributed by atoms with Crippen LogP contribution in [0, 0.1) is 0 Å². The van der Waals surface area contributed by atoms with Crippen molar-refractivity contribution < 1.29 is 9.47 Å². The molecule has 30 heavy (non-hydrogen) atoms. The van der Waals surface area contributed by atoms with Crippen LogP contribution in [-0.4, -0.2) is 49.6 Å². The molecule has 8 nitrogen and oxygen atoms in total. The predicted molar refractivity (Wildman–Crippen MR) is 114 cm³/mol. The van der Waals surface area contributed by atoms with Crippen LogP contribution in [0.15, 0.2) is 53.7 Å². The highest BCUT2D eigenvalue weighted by atomic mass is 32.2. The highest BCUT2D eigenvalue weighted by molar-refractivity contribution is 7.98. The molecule has 9 heteroatoms. The van der Waals surface area contributed by atoms with Gasteiger partial charge in [0.25, 0.3) is 0 Å². The van der Waals surface area contributed by atoms with E-state index >= 15 is 0 Å². The molecule has 1 unspecified atom stereocenters. The molecule has 1 fully saturated rings. The lowest BCUT2D eigenvalue weighted by molar-refractivity contribution is 0.0912. The van der Waals surface area contributed by atoms with E-state index in [0.29, 0.717) is 12.3 Å². The van der Waals surface area contributed by atoms with E-state index in [1.807, 2.05) is 47.1 Å². The number of rotatable bonds is 7. The minimum atomic E-state index is 0.191. The topological polar surface area (TPSA) is 79.9 Å². The molecular weight excluding hydrogens is 400 g/mol. The van der Waals surface area contributed by atoms with Gasteiger partial charge in [0, 0.05) is 12.3 Å². The second-order valence-corrected chi connectivity index (χ2v) is 8.06. The van der Waals surface area contributed by atoms with Crippen molar-refractivity contribution in [3.05, 3.63) is 54.4 Å². The number of aromatic nitrogens is 6. The van der Waals surface area contributed by atoms with E-state index in [1.165, 1.54) is 0 Å². The fourth-order valence-electron chi connectivity index (χ4n) is 3.72. The fourth-order valence-corrected chi connectivity index (χ4v) is 4.52. The van der Waals surface area contributed by atoms with Crippen LogP contribution < -0.4 is 4.74 Å². The number of fused-ring (bicyclic) bond motifs is 1. The van der Waals surface area contributed by atoms with Crippen LogP contribution in [0.2, 0.25) is 0 Å². The van der Waals surface area contributed by atoms with E-state index < -0.39 is 0 Å². The lowest BCUT2D eigenvalue weighted by Gasteiger charge is -2.11. The van der Waals surface area contributed by atoms with Gasteiger partial charge in [-0.05, 0) is 59.7 Å². The number of benzene rings is 2. The van der Waals surface area contributed by atoms with Crippen molar-refractivity contribution in [3.8, 4) is 11.4 Å². The average molecular weight is 423 g/mol. The lowest BCUT2D eigenvalue weighted by atomic mass is 10.2. The summed E-state index contributed by atoms with van der Waals surface area (Å²) >= 11 is 1.59. The Hall–Kier alpha value is -2.91. The van der Waals surface area contributed by atoms with E-state index in [4.69, 9.17) is 14.5 Å². The van der Waals surface area contributed by atoms with Gasteiger partial charge < -0.3 is 9.47 Å². The Morgan fingerprint density at radius 2 is 2.03 bits per heavy atom. The Labute approximate surface area is 178 Å². The molecule has 1 aliphatic rings. The molecule has 1 aliphatic heterocycles. The third-order valence-electron chi connectivity index (χ3n) is 5.19. The van der Waals surface area contributed by atoms with Gasteiger partial charge in [0.05, 0.1) is 36.5 Å². The first kappa shape index (κ1) is 19.1. The van der Waals surface area contributed by atoms with E-state index in [-0.39, 0.29) is 6.10 Å². The molecule has 5 rings (SSSR count). The number of tetrazole rings is 1. The minimum absolute atomic E-state index is 0.191. The molecule has 4 aromatic rings. The normalized spacial score (nSPS) is 16.4. The van der Waals surface area contributed by atoms with Crippen LogP contribution in [0.5, 0.6) is 5.75 Å². The maximum absolute atomic E-state index is 5.73. The van der Waals surface area contributed by atoms with Crippen molar-refractivity contribution >= 4 is 22.8 Å². The number of hydrogen-bond donors (Lipinski definition) is 0. The summed E-state index contributed by atoms with van der Waals surface area (Å²) in [5.41, 5.74) is 3.07. The number of thioether (sulfide) groups is 1. The van der Waals surface area contributed by atoms with Crippen molar-refractivity contribution in [3.63, 3.8) is 0 Å². The summed E-state index contributed by atoms with van der Waals surface area (Å²) in [6, 6.07) is 16.2. The Kier molecular flexibility index (Phi) is 5.37. The number of methoxy groups -OCH3 is 1. The largest absolute Gasteiger partial charge is 0.497 e.